The number of esters is 1. The Morgan fingerprint density at radius 1 is 1.28 bits per heavy atom. The number of carbonyl (C=O) groups is 1. The lowest BCUT2D eigenvalue weighted by Gasteiger charge is -2.08. The number of hydrogen-bond donors (Lipinski definition) is 0. The van der Waals surface area contributed by atoms with E-state index >= 15 is 0 Å². The highest BCUT2D eigenvalue weighted by Crippen LogP contribution is 2.15. The van der Waals surface area contributed by atoms with Crippen molar-refractivity contribution in [1.29, 1.82) is 0 Å². The number of carbonyl (C=O) groups excluding carboxylic acids is 1. The largest absolute Gasteiger partial charge is 0.465 e. The number of benzene rings is 1. The third-order valence-corrected chi connectivity index (χ3v) is 4.27. The van der Waals surface area contributed by atoms with Crippen LogP contribution < -0.4 is 0 Å². The highest BCUT2D eigenvalue weighted by molar-refractivity contribution is 7.90. The number of unbranched alkanes of at least 4 members (excludes halogenated alkanes) is 1. The molecular formula is C13H18O4S. The summed E-state index contributed by atoms with van der Waals surface area (Å²) in [4.78, 5) is 11.5. The summed E-state index contributed by atoms with van der Waals surface area (Å²) in [5.74, 6) is -0.464. The highest BCUT2D eigenvalue weighted by Gasteiger charge is 2.17. The summed E-state index contributed by atoms with van der Waals surface area (Å²) in [6.07, 6.45) is 1.47. The van der Waals surface area contributed by atoms with Gasteiger partial charge in [0.25, 0.3) is 0 Å². The average molecular weight is 270 g/mol. The van der Waals surface area contributed by atoms with Crippen LogP contribution in [0.1, 0.15) is 35.7 Å². The molecule has 0 fully saturated rings. The van der Waals surface area contributed by atoms with E-state index in [0.29, 0.717) is 17.5 Å². The first kappa shape index (κ1) is 14.7. The molecule has 0 unspecified atom stereocenters. The first-order valence-corrected chi connectivity index (χ1v) is 7.69. The second-order valence-electron chi connectivity index (χ2n) is 4.09. The smallest absolute Gasteiger partial charge is 0.338 e. The first-order chi connectivity index (χ1) is 8.50. The van der Waals surface area contributed by atoms with E-state index in [9.17, 15) is 13.2 Å². The lowest BCUT2D eigenvalue weighted by molar-refractivity contribution is 0.0600. The quantitative estimate of drug-likeness (QED) is 0.743. The Bertz CT molecular complexity index is 505. The van der Waals surface area contributed by atoms with Gasteiger partial charge in [-0.15, -0.1) is 0 Å². The van der Waals surface area contributed by atoms with E-state index in [1.165, 1.54) is 7.11 Å². The van der Waals surface area contributed by atoms with Gasteiger partial charge in [0.05, 0.1) is 24.2 Å². The van der Waals surface area contributed by atoms with Gasteiger partial charge in [-0.1, -0.05) is 31.5 Å². The zero-order chi connectivity index (χ0) is 13.6. The number of sulfone groups is 1. The predicted molar refractivity (Wildman–Crippen MR) is 70.2 cm³/mol. The second-order valence-corrected chi connectivity index (χ2v) is 6.28. The molecular weight excluding hydrogens is 252 g/mol. The van der Waals surface area contributed by atoms with Crippen LogP contribution in [0.25, 0.3) is 0 Å². The third-order valence-electron chi connectivity index (χ3n) is 2.61. The number of hydrogen-bond acceptors (Lipinski definition) is 4. The van der Waals surface area contributed by atoms with Crippen molar-refractivity contribution in [1.82, 2.24) is 0 Å². The lowest BCUT2D eigenvalue weighted by Crippen LogP contribution is -2.13. The summed E-state index contributed by atoms with van der Waals surface area (Å²) in [5.41, 5.74) is 0.820. The fourth-order valence-corrected chi connectivity index (χ4v) is 3.23. The van der Waals surface area contributed by atoms with Crippen LogP contribution >= 0.6 is 0 Å². The normalized spacial score (nSPS) is 11.2. The third kappa shape index (κ3) is 4.14. The lowest BCUT2D eigenvalue weighted by atomic mass is 10.1. The summed E-state index contributed by atoms with van der Waals surface area (Å²) in [6.45, 7) is 1.94. The van der Waals surface area contributed by atoms with E-state index in [-0.39, 0.29) is 11.5 Å². The number of rotatable bonds is 6. The minimum Gasteiger partial charge on any atom is -0.465 e. The molecule has 1 aromatic carbocycles. The van der Waals surface area contributed by atoms with E-state index in [1.54, 1.807) is 24.3 Å². The van der Waals surface area contributed by atoms with E-state index in [1.807, 2.05) is 6.92 Å². The average Bonchev–Trinajstić information content (AvgIpc) is 2.36. The highest BCUT2D eigenvalue weighted by atomic mass is 32.2. The molecule has 0 aliphatic rings. The van der Waals surface area contributed by atoms with Crippen LogP contribution in [0.5, 0.6) is 0 Å². The van der Waals surface area contributed by atoms with Crippen molar-refractivity contribution in [3.8, 4) is 0 Å². The molecule has 100 valence electrons. The Hall–Kier alpha value is -1.36. The van der Waals surface area contributed by atoms with Crippen LogP contribution in [0, 0.1) is 0 Å². The van der Waals surface area contributed by atoms with Gasteiger partial charge >= 0.3 is 5.97 Å². The van der Waals surface area contributed by atoms with Gasteiger partial charge in [-0.2, -0.15) is 0 Å². The Balaban J connectivity index is 2.94. The molecule has 0 heterocycles. The number of methoxy groups -OCH3 is 1. The molecule has 0 N–H and O–H groups in total. The molecule has 0 saturated carbocycles. The second kappa shape index (κ2) is 6.54. The molecule has 1 aromatic rings. The molecule has 0 aliphatic carbocycles. The maximum Gasteiger partial charge on any atom is 0.338 e. The molecule has 4 nitrogen and oxygen atoms in total. The molecule has 0 saturated heterocycles. The SMILES string of the molecule is CCCCS(=O)(=O)Cc1ccccc1C(=O)OC. The molecule has 0 amide bonds. The van der Waals surface area contributed by atoms with Gasteiger partial charge in [0.2, 0.25) is 0 Å². The molecule has 0 aliphatic heterocycles. The van der Waals surface area contributed by atoms with Crippen LogP contribution in [0.2, 0.25) is 0 Å². The maximum absolute atomic E-state index is 11.9. The Morgan fingerprint density at radius 3 is 2.56 bits per heavy atom. The summed E-state index contributed by atoms with van der Waals surface area (Å²) >= 11 is 0. The minimum atomic E-state index is -3.17. The van der Waals surface area contributed by atoms with Gasteiger partial charge < -0.3 is 4.74 Å². The summed E-state index contributed by atoms with van der Waals surface area (Å²) in [5, 5.41) is 0. The molecule has 18 heavy (non-hydrogen) atoms. The first-order valence-electron chi connectivity index (χ1n) is 5.87. The molecule has 5 heteroatoms. The topological polar surface area (TPSA) is 60.4 Å². The monoisotopic (exact) mass is 270 g/mol. The van der Waals surface area contributed by atoms with Crippen molar-refractivity contribution in [3.05, 3.63) is 35.4 Å². The molecule has 0 aromatic heterocycles. The zero-order valence-corrected chi connectivity index (χ0v) is 11.5. The molecule has 0 spiro atoms. The Labute approximate surface area is 108 Å². The molecule has 0 radical (unpaired) electrons. The van der Waals surface area contributed by atoms with Crippen LogP contribution in [-0.4, -0.2) is 27.2 Å². The Morgan fingerprint density at radius 2 is 1.94 bits per heavy atom. The van der Waals surface area contributed by atoms with Gasteiger partial charge in [-0.3, -0.25) is 0 Å². The maximum atomic E-state index is 11.9. The van der Waals surface area contributed by atoms with Crippen molar-refractivity contribution in [2.24, 2.45) is 0 Å². The molecule has 0 atom stereocenters. The van der Waals surface area contributed by atoms with Crippen LogP contribution in [0.3, 0.4) is 0 Å². The van der Waals surface area contributed by atoms with E-state index in [4.69, 9.17) is 0 Å². The van der Waals surface area contributed by atoms with Gasteiger partial charge in [-0.25, -0.2) is 13.2 Å². The molecule has 1 rings (SSSR count). The zero-order valence-electron chi connectivity index (χ0n) is 10.7. The minimum absolute atomic E-state index is 0.113. The predicted octanol–water partition coefficient (Wildman–Crippen LogP) is 2.19. The van der Waals surface area contributed by atoms with Gasteiger partial charge in [-0.05, 0) is 18.1 Å². The van der Waals surface area contributed by atoms with Crippen molar-refractivity contribution < 1.29 is 17.9 Å². The van der Waals surface area contributed by atoms with E-state index in [2.05, 4.69) is 4.74 Å². The van der Waals surface area contributed by atoms with Crippen molar-refractivity contribution >= 4 is 15.8 Å². The summed E-state index contributed by atoms with van der Waals surface area (Å²) < 4.78 is 28.4. The molecule has 0 bridgehead atoms. The van der Waals surface area contributed by atoms with Crippen molar-refractivity contribution in [2.75, 3.05) is 12.9 Å². The van der Waals surface area contributed by atoms with E-state index < -0.39 is 15.8 Å². The summed E-state index contributed by atoms with van der Waals surface area (Å²) in [6, 6.07) is 6.64. The van der Waals surface area contributed by atoms with Crippen molar-refractivity contribution in [3.63, 3.8) is 0 Å². The Kier molecular flexibility index (Phi) is 5.34. The summed E-state index contributed by atoms with van der Waals surface area (Å²) in [7, 11) is -1.89. The van der Waals surface area contributed by atoms with E-state index in [0.717, 1.165) is 6.42 Å². The van der Waals surface area contributed by atoms with Crippen LogP contribution in [0.4, 0.5) is 0 Å². The fraction of sp³-hybridized carbons (Fsp3) is 0.462. The van der Waals surface area contributed by atoms with Gasteiger partial charge in [0.1, 0.15) is 0 Å². The fourth-order valence-electron chi connectivity index (χ4n) is 1.63. The van der Waals surface area contributed by atoms with Crippen LogP contribution in [0.15, 0.2) is 24.3 Å². The van der Waals surface area contributed by atoms with Gasteiger partial charge in [0.15, 0.2) is 9.84 Å². The van der Waals surface area contributed by atoms with Gasteiger partial charge in [0, 0.05) is 0 Å². The van der Waals surface area contributed by atoms with Crippen molar-refractivity contribution in [2.45, 2.75) is 25.5 Å². The standard InChI is InChI=1S/C13H18O4S/c1-3-4-9-18(15,16)10-11-7-5-6-8-12(11)13(14)17-2/h5-8H,3-4,9-10H2,1-2H3. The number of ether oxygens (including phenoxy) is 1. The van der Waals surface area contributed by atoms with Crippen LogP contribution in [-0.2, 0) is 20.3 Å².